The third-order valence-corrected chi connectivity index (χ3v) is 4.17. The van der Waals surface area contributed by atoms with Gasteiger partial charge in [0, 0.05) is 18.2 Å². The molecular weight excluding hydrogens is 262 g/mol. The highest BCUT2D eigenvalue weighted by Crippen LogP contribution is 2.35. The van der Waals surface area contributed by atoms with Gasteiger partial charge in [-0.25, -0.2) is 0 Å². The van der Waals surface area contributed by atoms with Crippen molar-refractivity contribution in [1.82, 2.24) is 5.32 Å². The summed E-state index contributed by atoms with van der Waals surface area (Å²) in [5, 5.41) is 2.70. The van der Waals surface area contributed by atoms with Crippen LogP contribution in [0.25, 0.3) is 0 Å². The molecule has 0 aliphatic heterocycles. The van der Waals surface area contributed by atoms with Crippen LogP contribution in [0.3, 0.4) is 0 Å². The Kier molecular flexibility index (Phi) is 3.57. The van der Waals surface area contributed by atoms with Crippen molar-refractivity contribution in [3.05, 3.63) is 70.3 Å². The summed E-state index contributed by atoms with van der Waals surface area (Å²) < 4.78 is 0. The molecule has 21 heavy (non-hydrogen) atoms. The molecule has 3 nitrogen and oxygen atoms in total. The van der Waals surface area contributed by atoms with E-state index in [9.17, 15) is 9.59 Å². The maximum atomic E-state index is 12.0. The van der Waals surface area contributed by atoms with Crippen molar-refractivity contribution in [2.45, 2.75) is 18.8 Å². The van der Waals surface area contributed by atoms with E-state index in [-0.39, 0.29) is 5.91 Å². The molecule has 0 fully saturated rings. The zero-order chi connectivity index (χ0) is 14.8. The molecule has 1 N–H and O–H groups in total. The van der Waals surface area contributed by atoms with Gasteiger partial charge in [-0.15, -0.1) is 0 Å². The van der Waals surface area contributed by atoms with E-state index < -0.39 is 0 Å². The summed E-state index contributed by atoms with van der Waals surface area (Å²) in [6.45, 7) is 0. The highest BCUT2D eigenvalue weighted by molar-refractivity contribution is 5.95. The lowest BCUT2D eigenvalue weighted by atomic mass is 9.91. The number of nitrogens with one attached hydrogen (secondary N) is 1. The lowest BCUT2D eigenvalue weighted by Crippen LogP contribution is -2.20. The molecule has 0 bridgehead atoms. The number of amides is 1. The van der Waals surface area contributed by atoms with Crippen molar-refractivity contribution in [1.29, 1.82) is 0 Å². The van der Waals surface area contributed by atoms with E-state index in [0.717, 1.165) is 30.3 Å². The maximum Gasteiger partial charge on any atom is 0.251 e. The van der Waals surface area contributed by atoms with Gasteiger partial charge in [-0.2, -0.15) is 0 Å². The Bertz CT molecular complexity index is 706. The van der Waals surface area contributed by atoms with Crippen LogP contribution in [-0.2, 0) is 12.8 Å². The van der Waals surface area contributed by atoms with Crippen LogP contribution in [0.2, 0.25) is 0 Å². The zero-order valence-corrected chi connectivity index (χ0v) is 11.9. The number of carbonyl (C=O) groups is 2. The molecule has 1 atom stereocenters. The standard InChI is InChI=1S/C18H17NO2/c1-19-18(21)17-5-3-2-4-16(17)15-9-13-7-6-12(11-20)8-14(13)10-15/h2-8,11,15H,9-10H2,1H3,(H,19,21)/t15-/m1/s1. The molecule has 0 unspecified atom stereocenters. The third kappa shape index (κ3) is 2.47. The van der Waals surface area contributed by atoms with E-state index in [1.54, 1.807) is 7.05 Å². The summed E-state index contributed by atoms with van der Waals surface area (Å²) in [5.41, 5.74) is 5.04. The van der Waals surface area contributed by atoms with E-state index in [1.807, 2.05) is 42.5 Å². The zero-order valence-electron chi connectivity index (χ0n) is 11.9. The molecule has 0 aromatic heterocycles. The van der Waals surface area contributed by atoms with Crippen LogP contribution in [0.15, 0.2) is 42.5 Å². The Morgan fingerprint density at radius 2 is 1.90 bits per heavy atom. The molecule has 1 aliphatic rings. The lowest BCUT2D eigenvalue weighted by molar-refractivity contribution is 0.0961. The Balaban J connectivity index is 1.94. The van der Waals surface area contributed by atoms with Gasteiger partial charge in [0.1, 0.15) is 6.29 Å². The van der Waals surface area contributed by atoms with E-state index in [4.69, 9.17) is 0 Å². The summed E-state index contributed by atoms with van der Waals surface area (Å²) in [7, 11) is 1.65. The third-order valence-electron chi connectivity index (χ3n) is 4.17. The second-order valence-electron chi connectivity index (χ2n) is 5.42. The number of aldehydes is 1. The fraction of sp³-hybridized carbons (Fsp3) is 0.222. The molecule has 0 saturated heterocycles. The topological polar surface area (TPSA) is 46.2 Å². The normalized spacial score (nSPS) is 16.3. The fourth-order valence-corrected chi connectivity index (χ4v) is 3.13. The number of rotatable bonds is 3. The van der Waals surface area contributed by atoms with Gasteiger partial charge in [-0.05, 0) is 47.6 Å². The highest BCUT2D eigenvalue weighted by Gasteiger charge is 2.26. The average molecular weight is 279 g/mol. The average Bonchev–Trinajstić information content (AvgIpc) is 2.96. The number of carbonyl (C=O) groups excluding carboxylic acids is 2. The summed E-state index contributed by atoms with van der Waals surface area (Å²) >= 11 is 0. The SMILES string of the molecule is CNC(=O)c1ccccc1[C@@H]1Cc2ccc(C=O)cc2C1. The van der Waals surface area contributed by atoms with Crippen LogP contribution in [0.4, 0.5) is 0 Å². The highest BCUT2D eigenvalue weighted by atomic mass is 16.1. The van der Waals surface area contributed by atoms with Gasteiger partial charge in [0.2, 0.25) is 0 Å². The molecule has 0 heterocycles. The molecule has 2 aromatic rings. The van der Waals surface area contributed by atoms with Gasteiger partial charge in [-0.1, -0.05) is 30.3 Å². The number of benzene rings is 2. The minimum Gasteiger partial charge on any atom is -0.355 e. The molecule has 3 rings (SSSR count). The summed E-state index contributed by atoms with van der Waals surface area (Å²) in [6, 6.07) is 13.6. The van der Waals surface area contributed by atoms with E-state index in [1.165, 1.54) is 11.1 Å². The number of hydrogen-bond donors (Lipinski definition) is 1. The second kappa shape index (κ2) is 5.52. The maximum absolute atomic E-state index is 12.0. The minimum atomic E-state index is -0.0462. The number of fused-ring (bicyclic) bond motifs is 1. The molecule has 1 amide bonds. The first kappa shape index (κ1) is 13.6. The lowest BCUT2D eigenvalue weighted by Gasteiger charge is -2.14. The van der Waals surface area contributed by atoms with Gasteiger partial charge in [0.25, 0.3) is 5.91 Å². The number of hydrogen-bond acceptors (Lipinski definition) is 2. The molecule has 106 valence electrons. The Labute approximate surface area is 124 Å². The van der Waals surface area contributed by atoms with Gasteiger partial charge in [-0.3, -0.25) is 9.59 Å². The first-order chi connectivity index (χ1) is 10.2. The first-order valence-electron chi connectivity index (χ1n) is 7.11. The monoisotopic (exact) mass is 279 g/mol. The van der Waals surface area contributed by atoms with Crippen LogP contribution in [0, 0.1) is 0 Å². The van der Waals surface area contributed by atoms with Crippen LogP contribution in [-0.4, -0.2) is 19.2 Å². The summed E-state index contributed by atoms with van der Waals surface area (Å²) in [6.07, 6.45) is 2.68. The van der Waals surface area contributed by atoms with Gasteiger partial charge in [0.15, 0.2) is 0 Å². The van der Waals surface area contributed by atoms with E-state index in [0.29, 0.717) is 11.5 Å². The predicted molar refractivity (Wildman–Crippen MR) is 81.8 cm³/mol. The molecular formula is C18H17NO2. The largest absolute Gasteiger partial charge is 0.355 e. The van der Waals surface area contributed by atoms with Crippen LogP contribution in [0.5, 0.6) is 0 Å². The van der Waals surface area contributed by atoms with E-state index in [2.05, 4.69) is 5.32 Å². The smallest absolute Gasteiger partial charge is 0.251 e. The predicted octanol–water partition coefficient (Wildman–Crippen LogP) is 2.74. The Hall–Kier alpha value is -2.42. The molecule has 0 radical (unpaired) electrons. The quantitative estimate of drug-likeness (QED) is 0.878. The Morgan fingerprint density at radius 1 is 1.14 bits per heavy atom. The van der Waals surface area contributed by atoms with Crippen molar-refractivity contribution in [2.24, 2.45) is 0 Å². The van der Waals surface area contributed by atoms with Crippen molar-refractivity contribution < 1.29 is 9.59 Å². The first-order valence-corrected chi connectivity index (χ1v) is 7.11. The van der Waals surface area contributed by atoms with Crippen molar-refractivity contribution in [3.63, 3.8) is 0 Å². The van der Waals surface area contributed by atoms with Gasteiger partial charge in [0.05, 0.1) is 0 Å². The molecule has 1 aliphatic carbocycles. The fourth-order valence-electron chi connectivity index (χ4n) is 3.13. The van der Waals surface area contributed by atoms with Crippen LogP contribution in [0.1, 0.15) is 43.3 Å². The molecule has 0 spiro atoms. The van der Waals surface area contributed by atoms with Gasteiger partial charge < -0.3 is 5.32 Å². The Morgan fingerprint density at radius 3 is 2.67 bits per heavy atom. The van der Waals surface area contributed by atoms with Crippen LogP contribution < -0.4 is 5.32 Å². The summed E-state index contributed by atoms with van der Waals surface area (Å²) in [5.74, 6) is 0.255. The van der Waals surface area contributed by atoms with E-state index >= 15 is 0 Å². The van der Waals surface area contributed by atoms with Crippen molar-refractivity contribution in [2.75, 3.05) is 7.05 Å². The summed E-state index contributed by atoms with van der Waals surface area (Å²) in [4.78, 5) is 22.9. The molecule has 3 heteroatoms. The van der Waals surface area contributed by atoms with Gasteiger partial charge >= 0.3 is 0 Å². The molecule has 2 aromatic carbocycles. The molecule has 0 saturated carbocycles. The van der Waals surface area contributed by atoms with Crippen molar-refractivity contribution >= 4 is 12.2 Å². The second-order valence-corrected chi connectivity index (χ2v) is 5.42. The van der Waals surface area contributed by atoms with Crippen LogP contribution >= 0.6 is 0 Å². The minimum absolute atomic E-state index is 0.0462. The van der Waals surface area contributed by atoms with Crippen molar-refractivity contribution in [3.8, 4) is 0 Å².